The normalized spacial score (nSPS) is 24.2. The molecule has 2 heterocycles. The molecule has 27 heavy (non-hydrogen) atoms. The van der Waals surface area contributed by atoms with Gasteiger partial charge < -0.3 is 19.7 Å². The Morgan fingerprint density at radius 1 is 1.26 bits per heavy atom. The molecule has 3 atom stereocenters. The summed E-state index contributed by atoms with van der Waals surface area (Å²) in [7, 11) is -3.87. The van der Waals surface area contributed by atoms with E-state index in [1.165, 1.54) is 12.1 Å². The van der Waals surface area contributed by atoms with Crippen molar-refractivity contribution in [1.29, 1.82) is 0 Å². The van der Waals surface area contributed by atoms with Crippen molar-refractivity contribution in [1.82, 2.24) is 14.9 Å². The second-order valence-electron chi connectivity index (χ2n) is 7.02. The second-order valence-corrected chi connectivity index (χ2v) is 8.73. The first kappa shape index (κ1) is 19.9. The van der Waals surface area contributed by atoms with Crippen LogP contribution in [0.15, 0.2) is 23.1 Å². The molecule has 8 nitrogen and oxygen atoms in total. The molecule has 3 rings (SSSR count). The van der Waals surface area contributed by atoms with Gasteiger partial charge in [-0.15, -0.1) is 0 Å². The first-order chi connectivity index (χ1) is 12.8. The lowest BCUT2D eigenvalue weighted by molar-refractivity contribution is -0.136. The lowest BCUT2D eigenvalue weighted by Crippen LogP contribution is -2.60. The number of hydrogen-bond donors (Lipinski definition) is 2. The molecule has 9 heteroatoms. The maximum absolute atomic E-state index is 12.8. The zero-order chi connectivity index (χ0) is 19.6. The average molecular weight is 397 g/mol. The molecule has 1 fully saturated rings. The SMILES string of the molecule is CC(NS(=O)(=O)c1ccc2c(c1)OCCCO2)C(=O)N1CCNC(C)C1C. The van der Waals surface area contributed by atoms with Crippen LogP contribution in [-0.2, 0) is 14.8 Å². The fourth-order valence-electron chi connectivity index (χ4n) is 3.28. The van der Waals surface area contributed by atoms with Crippen LogP contribution in [0.4, 0.5) is 0 Å². The number of amides is 1. The van der Waals surface area contributed by atoms with E-state index < -0.39 is 16.1 Å². The smallest absolute Gasteiger partial charge is 0.241 e. The van der Waals surface area contributed by atoms with E-state index >= 15 is 0 Å². The van der Waals surface area contributed by atoms with Crippen molar-refractivity contribution in [2.75, 3.05) is 26.3 Å². The highest BCUT2D eigenvalue weighted by Crippen LogP contribution is 2.31. The Labute approximate surface area is 160 Å². The molecule has 2 N–H and O–H groups in total. The highest BCUT2D eigenvalue weighted by Gasteiger charge is 2.32. The van der Waals surface area contributed by atoms with Gasteiger partial charge in [0.1, 0.15) is 0 Å². The summed E-state index contributed by atoms with van der Waals surface area (Å²) < 4.78 is 39.1. The number of piperazine rings is 1. The molecule has 2 aliphatic heterocycles. The first-order valence-corrected chi connectivity index (χ1v) is 10.7. The van der Waals surface area contributed by atoms with Crippen molar-refractivity contribution in [2.24, 2.45) is 0 Å². The molecule has 0 saturated carbocycles. The monoisotopic (exact) mass is 397 g/mol. The lowest BCUT2D eigenvalue weighted by Gasteiger charge is -2.39. The number of hydrogen-bond acceptors (Lipinski definition) is 6. The van der Waals surface area contributed by atoms with E-state index in [9.17, 15) is 13.2 Å². The van der Waals surface area contributed by atoms with Crippen LogP contribution >= 0.6 is 0 Å². The number of sulfonamides is 1. The lowest BCUT2D eigenvalue weighted by atomic mass is 10.1. The summed E-state index contributed by atoms with van der Waals surface area (Å²) in [5, 5.41) is 3.31. The molecule has 0 aromatic heterocycles. The summed E-state index contributed by atoms with van der Waals surface area (Å²) in [6.07, 6.45) is 0.738. The number of rotatable bonds is 4. The predicted molar refractivity (Wildman–Crippen MR) is 100 cm³/mol. The largest absolute Gasteiger partial charge is 0.490 e. The first-order valence-electron chi connectivity index (χ1n) is 9.25. The van der Waals surface area contributed by atoms with E-state index in [4.69, 9.17) is 9.47 Å². The summed E-state index contributed by atoms with van der Waals surface area (Å²) in [4.78, 5) is 14.5. The molecule has 1 aromatic rings. The van der Waals surface area contributed by atoms with Crippen molar-refractivity contribution in [2.45, 2.75) is 50.2 Å². The topological polar surface area (TPSA) is 97.0 Å². The van der Waals surface area contributed by atoms with Gasteiger partial charge in [0.15, 0.2) is 11.5 Å². The minimum absolute atomic E-state index is 0.00347. The van der Waals surface area contributed by atoms with E-state index in [1.807, 2.05) is 13.8 Å². The predicted octanol–water partition coefficient (Wildman–Crippen LogP) is 0.724. The van der Waals surface area contributed by atoms with E-state index in [0.717, 1.165) is 6.42 Å². The van der Waals surface area contributed by atoms with Crippen LogP contribution in [-0.4, -0.2) is 63.7 Å². The third-order valence-electron chi connectivity index (χ3n) is 5.05. The molecule has 0 bridgehead atoms. The zero-order valence-corrected chi connectivity index (χ0v) is 16.7. The van der Waals surface area contributed by atoms with Crippen LogP contribution < -0.4 is 19.5 Å². The number of carbonyl (C=O) groups excluding carboxylic acids is 1. The van der Waals surface area contributed by atoms with Gasteiger partial charge in [-0.1, -0.05) is 0 Å². The van der Waals surface area contributed by atoms with Gasteiger partial charge >= 0.3 is 0 Å². The third-order valence-corrected chi connectivity index (χ3v) is 6.59. The standard InChI is InChI=1S/C18H27N3O5S/c1-12-14(3)21(8-7-19-12)18(22)13(2)20-27(23,24)15-5-6-16-17(11-15)26-10-4-9-25-16/h5-6,11-14,19-20H,4,7-10H2,1-3H3. The van der Waals surface area contributed by atoms with E-state index in [0.29, 0.717) is 37.8 Å². The maximum atomic E-state index is 12.8. The van der Waals surface area contributed by atoms with E-state index in [-0.39, 0.29) is 22.9 Å². The van der Waals surface area contributed by atoms with Gasteiger partial charge in [-0.3, -0.25) is 4.79 Å². The summed E-state index contributed by atoms with van der Waals surface area (Å²) in [6, 6.07) is 3.78. The molecule has 3 unspecified atom stereocenters. The van der Waals surface area contributed by atoms with Crippen LogP contribution in [0.3, 0.4) is 0 Å². The highest BCUT2D eigenvalue weighted by atomic mass is 32.2. The minimum atomic E-state index is -3.87. The Morgan fingerprint density at radius 3 is 2.70 bits per heavy atom. The molecular weight excluding hydrogens is 370 g/mol. The van der Waals surface area contributed by atoms with Gasteiger partial charge in [0.05, 0.1) is 24.2 Å². The van der Waals surface area contributed by atoms with E-state index in [2.05, 4.69) is 10.0 Å². The van der Waals surface area contributed by atoms with Gasteiger partial charge in [0.2, 0.25) is 15.9 Å². The summed E-state index contributed by atoms with van der Waals surface area (Å²) in [6.45, 7) is 7.79. The Bertz CT molecular complexity index is 798. The molecule has 1 saturated heterocycles. The molecule has 0 radical (unpaired) electrons. The molecule has 1 aromatic carbocycles. The molecule has 1 amide bonds. The van der Waals surface area contributed by atoms with Crippen molar-refractivity contribution in [3.63, 3.8) is 0 Å². The second kappa shape index (κ2) is 8.04. The van der Waals surface area contributed by atoms with Crippen molar-refractivity contribution in [3.8, 4) is 11.5 Å². The number of fused-ring (bicyclic) bond motifs is 1. The van der Waals surface area contributed by atoms with Crippen LogP contribution in [0.25, 0.3) is 0 Å². The number of ether oxygens (including phenoxy) is 2. The summed E-state index contributed by atoms with van der Waals surface area (Å²) in [5.74, 6) is 0.701. The maximum Gasteiger partial charge on any atom is 0.241 e. The molecule has 2 aliphatic rings. The number of nitrogens with zero attached hydrogens (tertiary/aromatic N) is 1. The Morgan fingerprint density at radius 2 is 1.96 bits per heavy atom. The van der Waals surface area contributed by atoms with Gasteiger partial charge in [-0.05, 0) is 32.9 Å². The van der Waals surface area contributed by atoms with Crippen molar-refractivity contribution >= 4 is 15.9 Å². The van der Waals surface area contributed by atoms with Crippen LogP contribution in [0.1, 0.15) is 27.2 Å². The number of benzene rings is 1. The molecule has 0 aliphatic carbocycles. The van der Waals surface area contributed by atoms with Crippen LogP contribution in [0.2, 0.25) is 0 Å². The highest BCUT2D eigenvalue weighted by molar-refractivity contribution is 7.89. The fraction of sp³-hybridized carbons (Fsp3) is 0.611. The Kier molecular flexibility index (Phi) is 5.92. The third kappa shape index (κ3) is 4.36. The zero-order valence-electron chi connectivity index (χ0n) is 15.9. The van der Waals surface area contributed by atoms with Gasteiger partial charge in [-0.25, -0.2) is 8.42 Å². The Hall–Kier alpha value is -1.84. The van der Waals surface area contributed by atoms with Crippen molar-refractivity contribution < 1.29 is 22.7 Å². The average Bonchev–Trinajstić information content (AvgIpc) is 2.87. The number of carbonyl (C=O) groups is 1. The van der Waals surface area contributed by atoms with Gasteiger partial charge in [0.25, 0.3) is 0 Å². The quantitative estimate of drug-likeness (QED) is 0.777. The van der Waals surface area contributed by atoms with Gasteiger partial charge in [-0.2, -0.15) is 4.72 Å². The Balaban J connectivity index is 1.74. The summed E-state index contributed by atoms with van der Waals surface area (Å²) in [5.41, 5.74) is 0. The van der Waals surface area contributed by atoms with E-state index in [1.54, 1.807) is 17.9 Å². The van der Waals surface area contributed by atoms with Crippen LogP contribution in [0.5, 0.6) is 11.5 Å². The van der Waals surface area contributed by atoms with Crippen molar-refractivity contribution in [3.05, 3.63) is 18.2 Å². The molecular formula is C18H27N3O5S. The fourth-order valence-corrected chi connectivity index (χ4v) is 4.49. The molecule has 150 valence electrons. The molecule has 0 spiro atoms. The summed E-state index contributed by atoms with van der Waals surface area (Å²) >= 11 is 0. The van der Waals surface area contributed by atoms with Crippen LogP contribution in [0, 0.1) is 0 Å². The minimum Gasteiger partial charge on any atom is -0.490 e. The number of nitrogens with one attached hydrogen (secondary N) is 2. The van der Waals surface area contributed by atoms with Gasteiger partial charge in [0, 0.05) is 37.7 Å².